The molecule has 0 aliphatic rings. The lowest BCUT2D eigenvalue weighted by molar-refractivity contribution is 0.126. The zero-order valence-corrected chi connectivity index (χ0v) is 12.5. The van der Waals surface area contributed by atoms with Crippen LogP contribution in [-0.2, 0) is 11.3 Å². The molecule has 106 valence electrons. The molecule has 0 fully saturated rings. The predicted molar refractivity (Wildman–Crippen MR) is 77.5 cm³/mol. The van der Waals surface area contributed by atoms with Crippen LogP contribution in [0.2, 0.25) is 5.02 Å². The summed E-state index contributed by atoms with van der Waals surface area (Å²) in [6, 6.07) is 5.63. The molecule has 0 aliphatic carbocycles. The highest BCUT2D eigenvalue weighted by atomic mass is 35.5. The van der Waals surface area contributed by atoms with Crippen molar-refractivity contribution >= 4 is 17.6 Å². The smallest absolute Gasteiger partial charge is 0.317 e. The third-order valence-electron chi connectivity index (χ3n) is 2.79. The minimum atomic E-state index is -0.104. The molecule has 0 saturated heterocycles. The predicted octanol–water partition coefficient (Wildman–Crippen LogP) is 2.83. The summed E-state index contributed by atoms with van der Waals surface area (Å²) in [7, 11) is 1.75. The highest BCUT2D eigenvalue weighted by Crippen LogP contribution is 2.16. The lowest BCUT2D eigenvalue weighted by Crippen LogP contribution is -2.38. The number of aryl methyl sites for hydroxylation is 1. The summed E-state index contributed by atoms with van der Waals surface area (Å²) in [5.74, 6) is 0. The zero-order chi connectivity index (χ0) is 14.3. The van der Waals surface area contributed by atoms with E-state index in [9.17, 15) is 4.79 Å². The number of likely N-dealkylation sites (N-methyl/N-ethyl adjacent to an activating group) is 1. The van der Waals surface area contributed by atoms with Gasteiger partial charge in [-0.1, -0.05) is 23.7 Å². The molecule has 0 bridgehead atoms. The lowest BCUT2D eigenvalue weighted by Gasteiger charge is -2.18. The Kier molecular flexibility index (Phi) is 6.67. The summed E-state index contributed by atoms with van der Waals surface area (Å²) < 4.78 is 5.21. The minimum Gasteiger partial charge on any atom is -0.380 e. The van der Waals surface area contributed by atoms with Gasteiger partial charge in [-0.15, -0.1) is 0 Å². The van der Waals surface area contributed by atoms with Crippen LogP contribution in [0.3, 0.4) is 0 Å². The fourth-order valence-electron chi connectivity index (χ4n) is 1.58. The first-order chi connectivity index (χ1) is 9.04. The van der Waals surface area contributed by atoms with E-state index in [0.717, 1.165) is 16.1 Å². The zero-order valence-electron chi connectivity index (χ0n) is 11.7. The van der Waals surface area contributed by atoms with Gasteiger partial charge in [0.1, 0.15) is 0 Å². The summed E-state index contributed by atoms with van der Waals surface area (Å²) in [6.07, 6.45) is 0. The molecule has 0 aromatic heterocycles. The summed E-state index contributed by atoms with van der Waals surface area (Å²) in [6.45, 7) is 6.18. The molecule has 1 N–H and O–H groups in total. The highest BCUT2D eigenvalue weighted by molar-refractivity contribution is 6.31. The Labute approximate surface area is 119 Å². The van der Waals surface area contributed by atoms with Crippen LogP contribution in [0.15, 0.2) is 18.2 Å². The Morgan fingerprint density at radius 1 is 1.47 bits per heavy atom. The summed E-state index contributed by atoms with van der Waals surface area (Å²) in [4.78, 5) is 13.4. The van der Waals surface area contributed by atoms with Gasteiger partial charge in [-0.25, -0.2) is 4.79 Å². The number of amides is 2. The molecule has 0 atom stereocenters. The van der Waals surface area contributed by atoms with Crippen LogP contribution in [0.1, 0.15) is 18.1 Å². The van der Waals surface area contributed by atoms with E-state index in [-0.39, 0.29) is 6.03 Å². The number of nitrogens with zero attached hydrogens (tertiary/aromatic N) is 1. The number of carbonyl (C=O) groups is 1. The molecule has 1 aromatic rings. The van der Waals surface area contributed by atoms with Gasteiger partial charge < -0.3 is 15.0 Å². The number of carbonyl (C=O) groups excluding carboxylic acids is 1. The quantitative estimate of drug-likeness (QED) is 0.816. The average molecular weight is 285 g/mol. The molecule has 19 heavy (non-hydrogen) atoms. The van der Waals surface area contributed by atoms with E-state index >= 15 is 0 Å². The van der Waals surface area contributed by atoms with Gasteiger partial charge in [-0.2, -0.15) is 0 Å². The highest BCUT2D eigenvalue weighted by Gasteiger charge is 2.07. The minimum absolute atomic E-state index is 0.104. The fraction of sp³-hybridized carbons (Fsp3) is 0.500. The van der Waals surface area contributed by atoms with E-state index in [1.54, 1.807) is 11.9 Å². The molecule has 0 saturated carbocycles. The maximum absolute atomic E-state index is 11.8. The fourth-order valence-corrected chi connectivity index (χ4v) is 1.69. The van der Waals surface area contributed by atoms with Crippen LogP contribution in [0.25, 0.3) is 0 Å². The molecule has 0 aliphatic heterocycles. The third kappa shape index (κ3) is 5.49. The largest absolute Gasteiger partial charge is 0.380 e. The molecule has 0 radical (unpaired) electrons. The first-order valence-electron chi connectivity index (χ1n) is 6.36. The number of nitrogens with one attached hydrogen (secondary N) is 1. The van der Waals surface area contributed by atoms with Gasteiger partial charge in [0.05, 0.1) is 6.61 Å². The number of halogens is 1. The number of rotatable bonds is 6. The Morgan fingerprint density at radius 3 is 2.84 bits per heavy atom. The van der Waals surface area contributed by atoms with Crippen LogP contribution in [0, 0.1) is 6.92 Å². The van der Waals surface area contributed by atoms with Crippen molar-refractivity contribution in [3.8, 4) is 0 Å². The molecule has 0 heterocycles. The summed E-state index contributed by atoms with van der Waals surface area (Å²) in [5.41, 5.74) is 2.05. The van der Waals surface area contributed by atoms with Crippen molar-refractivity contribution in [3.63, 3.8) is 0 Å². The summed E-state index contributed by atoms with van der Waals surface area (Å²) in [5, 5.41) is 3.60. The van der Waals surface area contributed by atoms with Crippen LogP contribution in [0.5, 0.6) is 0 Å². The van der Waals surface area contributed by atoms with Gasteiger partial charge in [0.25, 0.3) is 0 Å². The molecule has 5 heteroatoms. The van der Waals surface area contributed by atoms with Crippen LogP contribution < -0.4 is 5.32 Å². The number of benzene rings is 1. The van der Waals surface area contributed by atoms with Crippen molar-refractivity contribution in [2.24, 2.45) is 0 Å². The monoisotopic (exact) mass is 284 g/mol. The molecular weight excluding hydrogens is 264 g/mol. The second-order valence-electron chi connectivity index (χ2n) is 4.36. The topological polar surface area (TPSA) is 41.6 Å². The van der Waals surface area contributed by atoms with E-state index < -0.39 is 0 Å². The van der Waals surface area contributed by atoms with Crippen molar-refractivity contribution in [1.82, 2.24) is 10.2 Å². The van der Waals surface area contributed by atoms with Gasteiger partial charge in [-0.3, -0.25) is 0 Å². The molecule has 0 unspecified atom stereocenters. The van der Waals surface area contributed by atoms with E-state index in [1.165, 1.54) is 0 Å². The van der Waals surface area contributed by atoms with Gasteiger partial charge >= 0.3 is 6.03 Å². The van der Waals surface area contributed by atoms with Gasteiger partial charge in [0.2, 0.25) is 0 Å². The van der Waals surface area contributed by atoms with Crippen molar-refractivity contribution in [1.29, 1.82) is 0 Å². The number of hydrogen-bond acceptors (Lipinski definition) is 2. The first kappa shape index (κ1) is 15.8. The number of urea groups is 1. The van der Waals surface area contributed by atoms with E-state index in [1.807, 2.05) is 32.0 Å². The maximum atomic E-state index is 11.8. The normalized spacial score (nSPS) is 10.3. The molecule has 1 aromatic carbocycles. The molecule has 0 spiro atoms. The van der Waals surface area contributed by atoms with Crippen molar-refractivity contribution in [2.75, 3.05) is 26.8 Å². The van der Waals surface area contributed by atoms with Crippen molar-refractivity contribution < 1.29 is 9.53 Å². The van der Waals surface area contributed by atoms with Crippen LogP contribution in [0.4, 0.5) is 4.79 Å². The molecule has 2 amide bonds. The Hall–Kier alpha value is -1.26. The Bertz CT molecular complexity index is 424. The van der Waals surface area contributed by atoms with Crippen LogP contribution in [-0.4, -0.2) is 37.7 Å². The third-order valence-corrected chi connectivity index (χ3v) is 3.21. The Morgan fingerprint density at radius 2 is 2.21 bits per heavy atom. The second kappa shape index (κ2) is 8.02. The number of hydrogen-bond donors (Lipinski definition) is 1. The van der Waals surface area contributed by atoms with Crippen LogP contribution >= 0.6 is 11.6 Å². The van der Waals surface area contributed by atoms with Gasteiger partial charge in [0, 0.05) is 31.8 Å². The first-order valence-corrected chi connectivity index (χ1v) is 6.74. The number of ether oxygens (including phenoxy) is 1. The SMILES string of the molecule is CCOCCN(C)C(=O)NCc1ccc(Cl)c(C)c1. The molecule has 4 nitrogen and oxygen atoms in total. The Balaban J connectivity index is 2.38. The van der Waals surface area contributed by atoms with E-state index in [2.05, 4.69) is 5.32 Å². The lowest BCUT2D eigenvalue weighted by atomic mass is 10.1. The second-order valence-corrected chi connectivity index (χ2v) is 4.77. The molecular formula is C14H21ClN2O2. The van der Waals surface area contributed by atoms with E-state index in [4.69, 9.17) is 16.3 Å². The van der Waals surface area contributed by atoms with Crippen molar-refractivity contribution in [2.45, 2.75) is 20.4 Å². The van der Waals surface area contributed by atoms with Gasteiger partial charge in [-0.05, 0) is 31.0 Å². The van der Waals surface area contributed by atoms with E-state index in [0.29, 0.717) is 26.3 Å². The average Bonchev–Trinajstić information content (AvgIpc) is 2.40. The maximum Gasteiger partial charge on any atom is 0.317 e. The molecule has 1 rings (SSSR count). The van der Waals surface area contributed by atoms with Crippen molar-refractivity contribution in [3.05, 3.63) is 34.3 Å². The van der Waals surface area contributed by atoms with Gasteiger partial charge in [0.15, 0.2) is 0 Å². The summed E-state index contributed by atoms with van der Waals surface area (Å²) >= 11 is 5.96. The standard InChI is InChI=1S/C14H21ClN2O2/c1-4-19-8-7-17(3)14(18)16-10-12-5-6-13(15)11(2)9-12/h5-6,9H,4,7-8,10H2,1-3H3,(H,16,18).